The van der Waals surface area contributed by atoms with E-state index in [1.165, 1.54) is 0 Å². The number of rotatable bonds is 5. The van der Waals surface area contributed by atoms with Crippen LogP contribution in [0.3, 0.4) is 0 Å². The molecular formula is C22H21N3O3S. The Kier molecular flexibility index (Phi) is 4.84. The van der Waals surface area contributed by atoms with Crippen molar-refractivity contribution in [1.29, 1.82) is 5.41 Å². The van der Waals surface area contributed by atoms with Crippen LogP contribution in [0.15, 0.2) is 48.5 Å². The molecule has 0 atom stereocenters. The van der Waals surface area contributed by atoms with Gasteiger partial charge in [0, 0.05) is 35.6 Å². The van der Waals surface area contributed by atoms with Crippen molar-refractivity contribution in [2.45, 2.75) is 12.8 Å². The third-order valence-electron chi connectivity index (χ3n) is 4.89. The lowest BCUT2D eigenvalue weighted by atomic mass is 9.90. The monoisotopic (exact) mass is 407 g/mol. The van der Waals surface area contributed by atoms with E-state index in [0.717, 1.165) is 39.5 Å². The van der Waals surface area contributed by atoms with Crippen LogP contribution in [-0.4, -0.2) is 32.5 Å². The Labute approximate surface area is 169 Å². The van der Waals surface area contributed by atoms with E-state index in [4.69, 9.17) is 15.1 Å². The van der Waals surface area contributed by atoms with Crippen LogP contribution in [0.2, 0.25) is 0 Å². The van der Waals surface area contributed by atoms with E-state index in [-0.39, 0.29) is 0 Å². The smallest absolute Gasteiger partial charge is 0.229 e. The van der Waals surface area contributed by atoms with Crippen LogP contribution < -0.4 is 9.46 Å². The number of aromatic nitrogens is 1. The number of anilines is 1. The van der Waals surface area contributed by atoms with Crippen LogP contribution in [0.1, 0.15) is 22.4 Å². The Bertz CT molecular complexity index is 1260. The molecule has 1 heterocycles. The summed E-state index contributed by atoms with van der Waals surface area (Å²) in [6.45, 7) is 0. The van der Waals surface area contributed by atoms with Crippen molar-refractivity contribution in [2.75, 3.05) is 18.1 Å². The second kappa shape index (κ2) is 7.33. The van der Waals surface area contributed by atoms with Gasteiger partial charge in [0.05, 0.1) is 30.3 Å². The quantitative estimate of drug-likeness (QED) is 0.673. The summed E-state index contributed by atoms with van der Waals surface area (Å²) in [4.78, 5) is 4.77. The Morgan fingerprint density at radius 1 is 1.17 bits per heavy atom. The Morgan fingerprint density at radius 2 is 1.97 bits per heavy atom. The van der Waals surface area contributed by atoms with Crippen molar-refractivity contribution in [2.24, 2.45) is 0 Å². The van der Waals surface area contributed by atoms with Crippen molar-refractivity contribution >= 4 is 38.4 Å². The lowest BCUT2D eigenvalue weighted by molar-refractivity contribution is 0.411. The second-order valence-corrected chi connectivity index (χ2v) is 8.83. The van der Waals surface area contributed by atoms with Crippen molar-refractivity contribution in [3.05, 3.63) is 70.9 Å². The summed E-state index contributed by atoms with van der Waals surface area (Å²) in [5.41, 5.74) is 5.91. The minimum atomic E-state index is -3.36. The number of hydrogen-bond acceptors (Lipinski definition) is 5. The molecular weight excluding hydrogens is 386 g/mol. The van der Waals surface area contributed by atoms with Crippen molar-refractivity contribution in [3.8, 4) is 5.75 Å². The van der Waals surface area contributed by atoms with E-state index < -0.39 is 10.0 Å². The van der Waals surface area contributed by atoms with Crippen LogP contribution in [0.25, 0.3) is 17.0 Å². The molecule has 0 saturated carbocycles. The fraction of sp³-hybridized carbons (Fsp3) is 0.182. The number of methoxy groups -OCH3 is 1. The van der Waals surface area contributed by atoms with Gasteiger partial charge in [0.2, 0.25) is 10.0 Å². The molecule has 0 unspecified atom stereocenters. The first-order valence-corrected chi connectivity index (χ1v) is 11.0. The summed E-state index contributed by atoms with van der Waals surface area (Å²) in [6.07, 6.45) is 6.01. The molecule has 7 heteroatoms. The highest BCUT2D eigenvalue weighted by Crippen LogP contribution is 2.33. The molecule has 2 N–H and O–H groups in total. The zero-order chi connectivity index (χ0) is 20.6. The maximum absolute atomic E-state index is 11.5. The van der Waals surface area contributed by atoms with Gasteiger partial charge >= 0.3 is 0 Å². The van der Waals surface area contributed by atoms with Crippen LogP contribution in [0.4, 0.5) is 5.69 Å². The molecule has 2 aromatic carbocycles. The molecule has 0 fully saturated rings. The van der Waals surface area contributed by atoms with E-state index in [0.29, 0.717) is 30.0 Å². The van der Waals surface area contributed by atoms with Gasteiger partial charge in [-0.15, -0.1) is 0 Å². The molecule has 0 radical (unpaired) electrons. The van der Waals surface area contributed by atoms with E-state index >= 15 is 0 Å². The van der Waals surface area contributed by atoms with E-state index in [9.17, 15) is 8.42 Å². The molecule has 29 heavy (non-hydrogen) atoms. The maximum Gasteiger partial charge on any atom is 0.229 e. The van der Waals surface area contributed by atoms with Gasteiger partial charge in [-0.1, -0.05) is 30.3 Å². The van der Waals surface area contributed by atoms with Crippen molar-refractivity contribution in [1.82, 2.24) is 4.98 Å². The molecule has 148 valence electrons. The molecule has 0 amide bonds. The predicted molar refractivity (Wildman–Crippen MR) is 116 cm³/mol. The average molecular weight is 407 g/mol. The number of benzene rings is 2. The Balaban J connectivity index is 1.83. The van der Waals surface area contributed by atoms with Gasteiger partial charge in [0.25, 0.3) is 0 Å². The van der Waals surface area contributed by atoms with Crippen molar-refractivity contribution in [3.63, 3.8) is 0 Å². The molecule has 1 aliphatic rings. The summed E-state index contributed by atoms with van der Waals surface area (Å²) in [5, 5.41) is 9.04. The first-order chi connectivity index (χ1) is 13.8. The minimum Gasteiger partial charge on any atom is -0.496 e. The van der Waals surface area contributed by atoms with E-state index in [1.54, 1.807) is 19.2 Å². The minimum absolute atomic E-state index is 0.461. The second-order valence-electron chi connectivity index (χ2n) is 7.08. The standard InChI is InChI=1S/C22H21N3O3S/c1-28-22-13-16(25-29(2,26)27)9-7-14(22)11-19-17-5-3-4-6-20(17)24-21-12-15(23)8-10-18(19)21/h3-10,13,23,25H,11-12H2,1-2H3. The molecule has 0 bridgehead atoms. The van der Waals surface area contributed by atoms with Gasteiger partial charge in [0.1, 0.15) is 5.75 Å². The number of sulfonamides is 1. The number of nitrogens with one attached hydrogen (secondary N) is 2. The highest BCUT2D eigenvalue weighted by molar-refractivity contribution is 7.92. The lowest BCUT2D eigenvalue weighted by Gasteiger charge is -2.19. The topological polar surface area (TPSA) is 92.1 Å². The Morgan fingerprint density at radius 3 is 2.72 bits per heavy atom. The number of para-hydroxylation sites is 1. The lowest BCUT2D eigenvalue weighted by Crippen LogP contribution is -2.11. The fourth-order valence-corrected chi connectivity index (χ4v) is 4.21. The van der Waals surface area contributed by atoms with E-state index in [2.05, 4.69) is 10.8 Å². The third kappa shape index (κ3) is 4.00. The van der Waals surface area contributed by atoms with Gasteiger partial charge in [-0.3, -0.25) is 9.71 Å². The van der Waals surface area contributed by atoms with Gasteiger partial charge < -0.3 is 10.1 Å². The summed E-state index contributed by atoms with van der Waals surface area (Å²) < 4.78 is 31.1. The number of pyridine rings is 1. The van der Waals surface area contributed by atoms with Crippen LogP contribution in [0, 0.1) is 5.41 Å². The van der Waals surface area contributed by atoms with Gasteiger partial charge in [-0.25, -0.2) is 8.42 Å². The fourth-order valence-electron chi connectivity index (χ4n) is 3.66. The zero-order valence-electron chi connectivity index (χ0n) is 16.2. The molecule has 1 aliphatic carbocycles. The SMILES string of the molecule is COc1cc(NS(C)(=O)=O)ccc1Cc1c2c(nc3ccccc13)CC(=N)C=C2. The van der Waals surface area contributed by atoms with Crippen LogP contribution in [0.5, 0.6) is 5.75 Å². The Hall–Kier alpha value is -3.19. The van der Waals surface area contributed by atoms with Gasteiger partial charge in [0.15, 0.2) is 0 Å². The molecule has 0 aliphatic heterocycles. The number of allylic oxidation sites excluding steroid dienone is 1. The first kappa shape index (κ1) is 19.1. The highest BCUT2D eigenvalue weighted by Gasteiger charge is 2.19. The molecule has 0 spiro atoms. The molecule has 6 nitrogen and oxygen atoms in total. The molecule has 1 aromatic heterocycles. The van der Waals surface area contributed by atoms with Gasteiger partial charge in [-0.05, 0) is 29.3 Å². The normalized spacial score (nSPS) is 13.4. The third-order valence-corrected chi connectivity index (χ3v) is 5.49. The van der Waals surface area contributed by atoms with Gasteiger partial charge in [-0.2, -0.15) is 0 Å². The van der Waals surface area contributed by atoms with Crippen LogP contribution >= 0.6 is 0 Å². The highest BCUT2D eigenvalue weighted by atomic mass is 32.2. The molecule has 0 saturated heterocycles. The predicted octanol–water partition coefficient (Wildman–Crippen LogP) is 3.79. The first-order valence-electron chi connectivity index (χ1n) is 9.15. The maximum atomic E-state index is 11.5. The molecule has 3 aromatic rings. The number of hydrogen-bond donors (Lipinski definition) is 2. The van der Waals surface area contributed by atoms with Crippen LogP contribution in [-0.2, 0) is 22.9 Å². The number of ether oxygens (including phenoxy) is 1. The largest absolute Gasteiger partial charge is 0.496 e. The summed E-state index contributed by atoms with van der Waals surface area (Å²) in [7, 11) is -1.79. The summed E-state index contributed by atoms with van der Waals surface area (Å²) in [6, 6.07) is 13.3. The van der Waals surface area contributed by atoms with E-state index in [1.807, 2.05) is 36.4 Å². The summed E-state index contributed by atoms with van der Waals surface area (Å²) in [5.74, 6) is 0.612. The van der Waals surface area contributed by atoms with Crippen molar-refractivity contribution < 1.29 is 13.2 Å². The number of nitrogens with zero attached hydrogens (tertiary/aromatic N) is 1. The number of fused-ring (bicyclic) bond motifs is 2. The summed E-state index contributed by atoms with van der Waals surface area (Å²) >= 11 is 0. The molecule has 4 rings (SSSR count). The average Bonchev–Trinajstić information content (AvgIpc) is 2.67. The zero-order valence-corrected chi connectivity index (χ0v) is 17.0.